The maximum Gasteiger partial charge on any atom is 0.222 e. The number of aromatic nitrogens is 2. The summed E-state index contributed by atoms with van der Waals surface area (Å²) in [6.45, 7) is 0. The van der Waals surface area contributed by atoms with Crippen LogP contribution in [0.1, 0.15) is 24.8 Å². The predicted molar refractivity (Wildman–Crippen MR) is 59.6 cm³/mol. The van der Waals surface area contributed by atoms with Crippen molar-refractivity contribution >= 4 is 17.2 Å². The van der Waals surface area contributed by atoms with E-state index in [1.165, 1.54) is 18.4 Å². The Morgan fingerprint density at radius 1 is 1.27 bits per heavy atom. The van der Waals surface area contributed by atoms with Gasteiger partial charge in [0.25, 0.3) is 0 Å². The van der Waals surface area contributed by atoms with Crippen LogP contribution in [0, 0.1) is 0 Å². The van der Waals surface area contributed by atoms with Crippen molar-refractivity contribution in [2.45, 2.75) is 31.3 Å². The van der Waals surface area contributed by atoms with Gasteiger partial charge < -0.3 is 5.32 Å². The van der Waals surface area contributed by atoms with Crippen LogP contribution >= 0.6 is 11.6 Å². The Labute approximate surface area is 93.6 Å². The molecule has 0 aromatic carbocycles. The molecule has 0 aliphatic carbocycles. The highest BCUT2D eigenvalue weighted by Crippen LogP contribution is 2.31. The number of hydrogen-bond donors (Lipinski definition) is 1. The lowest BCUT2D eigenvalue weighted by Crippen LogP contribution is -2.31. The van der Waals surface area contributed by atoms with E-state index in [-0.39, 0.29) is 0 Å². The number of nitrogens with zero attached hydrogens (tertiary/aromatic N) is 2. The highest BCUT2D eigenvalue weighted by Gasteiger charge is 2.28. The molecule has 78 valence electrons. The largest absolute Gasteiger partial charge is 0.307 e. The van der Waals surface area contributed by atoms with E-state index in [2.05, 4.69) is 21.4 Å². The van der Waals surface area contributed by atoms with E-state index >= 15 is 0 Å². The molecule has 2 unspecified atom stereocenters. The molecule has 3 heterocycles. The second kappa shape index (κ2) is 3.58. The third-order valence-corrected chi connectivity index (χ3v) is 3.33. The molecule has 1 aromatic rings. The van der Waals surface area contributed by atoms with Crippen LogP contribution in [-0.4, -0.2) is 22.1 Å². The van der Waals surface area contributed by atoms with Crippen LogP contribution in [0.5, 0.6) is 0 Å². The van der Waals surface area contributed by atoms with E-state index in [1.807, 2.05) is 12.4 Å². The first-order valence-corrected chi connectivity index (χ1v) is 5.64. The van der Waals surface area contributed by atoms with Gasteiger partial charge in [0.15, 0.2) is 0 Å². The average Bonchev–Trinajstić information content (AvgIpc) is 2.59. The van der Waals surface area contributed by atoms with Gasteiger partial charge in [0.2, 0.25) is 5.28 Å². The summed E-state index contributed by atoms with van der Waals surface area (Å²) in [6.07, 6.45) is 9.54. The van der Waals surface area contributed by atoms with Gasteiger partial charge in [0.05, 0.1) is 0 Å². The summed E-state index contributed by atoms with van der Waals surface area (Å²) < 4.78 is 0. The second-order valence-corrected chi connectivity index (χ2v) is 4.52. The number of nitrogens with one attached hydrogen (secondary N) is 1. The monoisotopic (exact) mass is 221 g/mol. The van der Waals surface area contributed by atoms with Crippen molar-refractivity contribution < 1.29 is 0 Å². The minimum absolute atomic E-state index is 0.316. The molecule has 3 nitrogen and oxygen atoms in total. The SMILES string of the molecule is Clc1ncc(C2=CC3CCC(C2)N3)cn1. The third-order valence-electron chi connectivity index (χ3n) is 3.14. The van der Waals surface area contributed by atoms with Gasteiger partial charge in [-0.25, -0.2) is 9.97 Å². The van der Waals surface area contributed by atoms with E-state index in [1.54, 1.807) is 0 Å². The summed E-state index contributed by atoms with van der Waals surface area (Å²) in [4.78, 5) is 8.04. The third kappa shape index (κ3) is 1.77. The first kappa shape index (κ1) is 9.31. The lowest BCUT2D eigenvalue weighted by Gasteiger charge is -2.21. The fraction of sp³-hybridized carbons (Fsp3) is 0.455. The Morgan fingerprint density at radius 3 is 2.80 bits per heavy atom. The van der Waals surface area contributed by atoms with Crippen LogP contribution < -0.4 is 5.32 Å². The highest BCUT2D eigenvalue weighted by atomic mass is 35.5. The minimum atomic E-state index is 0.316. The van der Waals surface area contributed by atoms with Gasteiger partial charge in [-0.05, 0) is 36.4 Å². The molecule has 4 heteroatoms. The molecule has 1 N–H and O–H groups in total. The van der Waals surface area contributed by atoms with Crippen LogP contribution in [0.3, 0.4) is 0 Å². The van der Waals surface area contributed by atoms with Gasteiger partial charge in [-0.3, -0.25) is 0 Å². The molecule has 2 atom stereocenters. The van der Waals surface area contributed by atoms with Crippen molar-refractivity contribution in [3.8, 4) is 0 Å². The molecular formula is C11H12ClN3. The van der Waals surface area contributed by atoms with Crippen LogP contribution in [0.15, 0.2) is 18.5 Å². The van der Waals surface area contributed by atoms with Crippen LogP contribution in [0.2, 0.25) is 5.28 Å². The Morgan fingerprint density at radius 2 is 2.07 bits per heavy atom. The highest BCUT2D eigenvalue weighted by molar-refractivity contribution is 6.28. The zero-order chi connectivity index (χ0) is 10.3. The van der Waals surface area contributed by atoms with Gasteiger partial charge in [0.1, 0.15) is 0 Å². The predicted octanol–water partition coefficient (Wildman–Crippen LogP) is 2.04. The number of hydrogen-bond acceptors (Lipinski definition) is 3. The first-order valence-electron chi connectivity index (χ1n) is 5.26. The molecule has 15 heavy (non-hydrogen) atoms. The first-order chi connectivity index (χ1) is 7.31. The van der Waals surface area contributed by atoms with Crippen molar-refractivity contribution in [3.05, 3.63) is 29.3 Å². The van der Waals surface area contributed by atoms with Gasteiger partial charge >= 0.3 is 0 Å². The number of halogens is 1. The molecular weight excluding hydrogens is 210 g/mol. The Balaban J connectivity index is 1.91. The molecule has 1 saturated heterocycles. The average molecular weight is 222 g/mol. The summed E-state index contributed by atoms with van der Waals surface area (Å²) >= 11 is 5.67. The molecule has 2 aliphatic heterocycles. The van der Waals surface area contributed by atoms with Crippen LogP contribution in [-0.2, 0) is 0 Å². The van der Waals surface area contributed by atoms with Gasteiger partial charge in [-0.15, -0.1) is 0 Å². The van der Waals surface area contributed by atoms with E-state index in [0.29, 0.717) is 17.4 Å². The van der Waals surface area contributed by atoms with Crippen molar-refractivity contribution in [3.63, 3.8) is 0 Å². The zero-order valence-corrected chi connectivity index (χ0v) is 9.04. The molecule has 2 bridgehead atoms. The van der Waals surface area contributed by atoms with Gasteiger partial charge in [-0.1, -0.05) is 6.08 Å². The van der Waals surface area contributed by atoms with Crippen molar-refractivity contribution in [1.82, 2.24) is 15.3 Å². The molecule has 0 radical (unpaired) electrons. The maximum absolute atomic E-state index is 5.67. The topological polar surface area (TPSA) is 37.8 Å². The van der Waals surface area contributed by atoms with E-state index in [0.717, 1.165) is 12.0 Å². The van der Waals surface area contributed by atoms with Crippen molar-refractivity contribution in [2.24, 2.45) is 0 Å². The fourth-order valence-corrected chi connectivity index (χ4v) is 2.51. The van der Waals surface area contributed by atoms with Crippen LogP contribution in [0.25, 0.3) is 5.57 Å². The fourth-order valence-electron chi connectivity index (χ4n) is 2.41. The van der Waals surface area contributed by atoms with E-state index < -0.39 is 0 Å². The Bertz CT molecular complexity index is 399. The molecule has 0 spiro atoms. The molecule has 3 rings (SSSR count). The van der Waals surface area contributed by atoms with Crippen LogP contribution in [0.4, 0.5) is 0 Å². The standard InChI is InChI=1S/C11H12ClN3/c12-11-13-5-8(6-14-11)7-3-9-1-2-10(4-7)15-9/h3,5-6,9-10,15H,1-2,4H2. The molecule has 2 aliphatic rings. The van der Waals surface area contributed by atoms with Gasteiger partial charge in [-0.2, -0.15) is 0 Å². The number of fused-ring (bicyclic) bond motifs is 2. The molecule has 1 aromatic heterocycles. The summed E-state index contributed by atoms with van der Waals surface area (Å²) in [7, 11) is 0. The summed E-state index contributed by atoms with van der Waals surface area (Å²) in [5, 5.41) is 3.87. The second-order valence-electron chi connectivity index (χ2n) is 4.18. The minimum Gasteiger partial charge on any atom is -0.307 e. The Kier molecular flexibility index (Phi) is 2.22. The normalized spacial score (nSPS) is 29.0. The zero-order valence-electron chi connectivity index (χ0n) is 8.28. The number of rotatable bonds is 1. The summed E-state index contributed by atoms with van der Waals surface area (Å²) in [5.74, 6) is 0. The molecule has 0 amide bonds. The van der Waals surface area contributed by atoms with Crippen molar-refractivity contribution in [1.29, 1.82) is 0 Å². The smallest absolute Gasteiger partial charge is 0.222 e. The van der Waals surface area contributed by atoms with E-state index in [9.17, 15) is 0 Å². The summed E-state index contributed by atoms with van der Waals surface area (Å²) in [5.41, 5.74) is 2.47. The summed E-state index contributed by atoms with van der Waals surface area (Å²) in [6, 6.07) is 1.19. The van der Waals surface area contributed by atoms with Gasteiger partial charge in [0, 0.05) is 30.0 Å². The maximum atomic E-state index is 5.67. The lowest BCUT2D eigenvalue weighted by molar-refractivity contribution is 0.575. The molecule has 1 fully saturated rings. The van der Waals surface area contributed by atoms with E-state index in [4.69, 9.17) is 11.6 Å². The quantitative estimate of drug-likeness (QED) is 0.738. The van der Waals surface area contributed by atoms with Crippen molar-refractivity contribution in [2.75, 3.05) is 0 Å². The Hall–Kier alpha value is -0.930. The molecule has 0 saturated carbocycles. The lowest BCUT2D eigenvalue weighted by atomic mass is 9.98.